The van der Waals surface area contributed by atoms with Crippen molar-refractivity contribution in [1.29, 1.82) is 0 Å². The lowest BCUT2D eigenvalue weighted by Gasteiger charge is -2.15. The summed E-state index contributed by atoms with van der Waals surface area (Å²) in [6.07, 6.45) is -0.337. The van der Waals surface area contributed by atoms with Crippen LogP contribution in [0.15, 0.2) is 33.1 Å². The normalized spacial score (nSPS) is 14.7. The maximum atomic E-state index is 12.5. The van der Waals surface area contributed by atoms with Gasteiger partial charge in [-0.3, -0.25) is 10.1 Å². The van der Waals surface area contributed by atoms with Crippen molar-refractivity contribution >= 4 is 52.3 Å². The fraction of sp³-hybridized carbons (Fsp3) is 0.261. The standard InChI is InChI=1S/C23H17ClN4O6S/c1-11(13-5-3-4-6-14(13)24)32-22(31)26-17-12(2)35-28-15(17)7-8-16-25-18-19(33-16)34-20(27-18)23(9-10-23)21(29)30/h3-6,11H,9-10H2,1-2H3,(H,26,31)(H,29,30). The minimum absolute atomic E-state index is 0.00164. The molecule has 1 aliphatic carbocycles. The summed E-state index contributed by atoms with van der Waals surface area (Å²) in [4.78, 5) is 32.9. The largest absolute Gasteiger partial charge is 0.480 e. The highest BCUT2D eigenvalue weighted by atomic mass is 35.5. The molecule has 3 aromatic heterocycles. The van der Waals surface area contributed by atoms with Crippen LogP contribution in [0.3, 0.4) is 0 Å². The van der Waals surface area contributed by atoms with E-state index in [1.54, 1.807) is 32.0 Å². The third-order valence-electron chi connectivity index (χ3n) is 5.55. The number of fused-ring (bicyclic) bond motifs is 1. The zero-order valence-corrected chi connectivity index (χ0v) is 20.0. The molecule has 4 aromatic rings. The predicted octanol–water partition coefficient (Wildman–Crippen LogP) is 5.06. The van der Waals surface area contributed by atoms with E-state index < -0.39 is 23.6 Å². The summed E-state index contributed by atoms with van der Waals surface area (Å²) >= 11 is 7.34. The Morgan fingerprint density at radius 3 is 2.71 bits per heavy atom. The topological polar surface area (TPSA) is 141 Å². The van der Waals surface area contributed by atoms with Gasteiger partial charge in [0.25, 0.3) is 5.89 Å². The smallest absolute Gasteiger partial charge is 0.412 e. The number of carbonyl (C=O) groups excluding carboxylic acids is 1. The van der Waals surface area contributed by atoms with E-state index in [2.05, 4.69) is 31.5 Å². The number of nitrogens with zero attached hydrogens (tertiary/aromatic N) is 3. The van der Waals surface area contributed by atoms with Gasteiger partial charge in [-0.15, -0.1) is 0 Å². The number of benzene rings is 1. The van der Waals surface area contributed by atoms with E-state index in [1.165, 1.54) is 11.5 Å². The number of rotatable bonds is 5. The van der Waals surface area contributed by atoms with Crippen molar-refractivity contribution < 1.29 is 28.3 Å². The summed E-state index contributed by atoms with van der Waals surface area (Å²) in [7, 11) is 0. The first-order valence-electron chi connectivity index (χ1n) is 10.5. The van der Waals surface area contributed by atoms with Crippen LogP contribution in [0.5, 0.6) is 0 Å². The Bertz CT molecular complexity index is 1490. The van der Waals surface area contributed by atoms with Crippen LogP contribution in [-0.2, 0) is 14.9 Å². The maximum Gasteiger partial charge on any atom is 0.412 e. The van der Waals surface area contributed by atoms with E-state index in [9.17, 15) is 14.7 Å². The first-order valence-corrected chi connectivity index (χ1v) is 11.6. The zero-order valence-electron chi connectivity index (χ0n) is 18.4. The van der Waals surface area contributed by atoms with E-state index >= 15 is 0 Å². The number of amides is 1. The van der Waals surface area contributed by atoms with Crippen molar-refractivity contribution in [3.05, 3.63) is 57.2 Å². The Hall–Kier alpha value is -3.88. The molecule has 1 atom stereocenters. The van der Waals surface area contributed by atoms with E-state index in [0.29, 0.717) is 34.8 Å². The second kappa shape index (κ2) is 8.72. The molecule has 2 N–H and O–H groups in total. The van der Waals surface area contributed by atoms with Gasteiger partial charge in [-0.25, -0.2) is 4.79 Å². The molecule has 0 spiro atoms. The molecular weight excluding hydrogens is 496 g/mol. The van der Waals surface area contributed by atoms with Crippen molar-refractivity contribution in [1.82, 2.24) is 14.3 Å². The minimum Gasteiger partial charge on any atom is -0.480 e. The quantitative estimate of drug-likeness (QED) is 0.351. The zero-order chi connectivity index (χ0) is 24.7. The number of hydrogen-bond donors (Lipinski definition) is 2. The Morgan fingerprint density at radius 2 is 2.03 bits per heavy atom. The van der Waals surface area contributed by atoms with Crippen molar-refractivity contribution in [2.45, 2.75) is 38.2 Å². The van der Waals surface area contributed by atoms with Gasteiger partial charge < -0.3 is 18.7 Å². The number of nitrogens with one attached hydrogen (secondary N) is 1. The highest BCUT2D eigenvalue weighted by molar-refractivity contribution is 7.06. The summed E-state index contributed by atoms with van der Waals surface area (Å²) in [6, 6.07) is 7.11. The Labute approximate surface area is 207 Å². The van der Waals surface area contributed by atoms with E-state index in [-0.39, 0.29) is 23.2 Å². The fourth-order valence-electron chi connectivity index (χ4n) is 3.42. The molecule has 3 heterocycles. The molecule has 1 amide bonds. The van der Waals surface area contributed by atoms with Crippen LogP contribution in [0.25, 0.3) is 11.4 Å². The number of carboxylic acid groups (broad SMARTS) is 1. The second-order valence-electron chi connectivity index (χ2n) is 7.94. The molecule has 12 heteroatoms. The molecule has 0 bridgehead atoms. The molecule has 1 aliphatic rings. The number of aliphatic carboxylic acids is 1. The summed E-state index contributed by atoms with van der Waals surface area (Å²) in [6.45, 7) is 3.51. The Balaban J connectivity index is 1.30. The number of aryl methyl sites for hydroxylation is 1. The fourth-order valence-corrected chi connectivity index (χ4v) is 4.32. The monoisotopic (exact) mass is 512 g/mol. The molecule has 5 rings (SSSR count). The molecule has 0 aliphatic heterocycles. The molecule has 1 fully saturated rings. The summed E-state index contributed by atoms with van der Waals surface area (Å²) < 4.78 is 20.6. The highest BCUT2D eigenvalue weighted by Gasteiger charge is 2.56. The molecular formula is C23H17ClN4O6S. The average molecular weight is 513 g/mol. The summed E-state index contributed by atoms with van der Waals surface area (Å²) in [5, 5.41) is 12.6. The lowest BCUT2D eigenvalue weighted by molar-refractivity contribution is -0.140. The highest BCUT2D eigenvalue weighted by Crippen LogP contribution is 2.48. The van der Waals surface area contributed by atoms with Crippen LogP contribution in [0.4, 0.5) is 10.5 Å². The van der Waals surface area contributed by atoms with Gasteiger partial charge in [0.2, 0.25) is 11.5 Å². The van der Waals surface area contributed by atoms with Crippen LogP contribution >= 0.6 is 23.1 Å². The van der Waals surface area contributed by atoms with E-state index in [0.717, 1.165) is 4.88 Å². The summed E-state index contributed by atoms with van der Waals surface area (Å²) in [5.41, 5.74) is 0.450. The van der Waals surface area contributed by atoms with Gasteiger partial charge in [0.1, 0.15) is 11.5 Å². The molecule has 10 nitrogen and oxygen atoms in total. The van der Waals surface area contributed by atoms with Crippen LogP contribution in [0.2, 0.25) is 5.02 Å². The van der Waals surface area contributed by atoms with Crippen LogP contribution in [-0.4, -0.2) is 31.5 Å². The lowest BCUT2D eigenvalue weighted by Crippen LogP contribution is -2.19. The summed E-state index contributed by atoms with van der Waals surface area (Å²) in [5.74, 6) is 4.65. The van der Waals surface area contributed by atoms with Crippen molar-refractivity contribution in [2.24, 2.45) is 0 Å². The number of ether oxygens (including phenoxy) is 1. The number of hydrogen-bond acceptors (Lipinski definition) is 9. The van der Waals surface area contributed by atoms with Gasteiger partial charge >= 0.3 is 17.8 Å². The molecule has 1 aromatic carbocycles. The van der Waals surface area contributed by atoms with Gasteiger partial charge in [-0.2, -0.15) is 14.3 Å². The van der Waals surface area contributed by atoms with E-state index in [1.807, 2.05) is 6.07 Å². The SMILES string of the molecule is Cc1snc(C#Cc2nc3nc(C4(C(=O)O)CC4)oc3o2)c1NC(=O)OC(C)c1ccccc1Cl. The third-order valence-corrected chi connectivity index (χ3v) is 6.65. The average Bonchev–Trinajstić information content (AvgIpc) is 3.25. The van der Waals surface area contributed by atoms with Gasteiger partial charge in [0, 0.05) is 21.4 Å². The molecule has 1 saturated carbocycles. The number of aromatic nitrogens is 3. The third kappa shape index (κ3) is 4.34. The second-order valence-corrected chi connectivity index (χ2v) is 9.33. The molecule has 178 valence electrons. The molecule has 35 heavy (non-hydrogen) atoms. The Kier molecular flexibility index (Phi) is 5.70. The van der Waals surface area contributed by atoms with Crippen LogP contribution in [0.1, 0.15) is 53.8 Å². The number of oxazole rings is 2. The maximum absolute atomic E-state index is 12.5. The Morgan fingerprint density at radius 1 is 1.26 bits per heavy atom. The van der Waals surface area contributed by atoms with Gasteiger partial charge in [-0.05, 0) is 50.2 Å². The van der Waals surface area contributed by atoms with Crippen molar-refractivity contribution in [2.75, 3.05) is 5.32 Å². The van der Waals surface area contributed by atoms with Crippen LogP contribution in [0, 0.1) is 18.8 Å². The van der Waals surface area contributed by atoms with Gasteiger partial charge in [0.15, 0.2) is 5.69 Å². The molecule has 0 radical (unpaired) electrons. The number of carbonyl (C=O) groups is 2. The lowest BCUT2D eigenvalue weighted by atomic mass is 10.1. The van der Waals surface area contributed by atoms with E-state index in [4.69, 9.17) is 25.2 Å². The van der Waals surface area contributed by atoms with Crippen LogP contribution < -0.4 is 5.32 Å². The van der Waals surface area contributed by atoms with Gasteiger partial charge in [-0.1, -0.05) is 29.8 Å². The molecule has 1 unspecified atom stereocenters. The number of anilines is 1. The number of halogens is 1. The van der Waals surface area contributed by atoms with Crippen molar-refractivity contribution in [3.8, 4) is 11.8 Å². The number of carboxylic acids is 1. The molecule has 0 saturated heterocycles. The van der Waals surface area contributed by atoms with Gasteiger partial charge in [0.05, 0.1) is 5.69 Å². The minimum atomic E-state index is -1.09. The van der Waals surface area contributed by atoms with Crippen molar-refractivity contribution in [3.63, 3.8) is 0 Å². The first kappa shape index (κ1) is 22.9. The predicted molar refractivity (Wildman–Crippen MR) is 125 cm³/mol. The first-order chi connectivity index (χ1) is 16.8.